The molecule has 0 saturated carbocycles. The number of likely N-dealkylation sites (N-methyl/N-ethyl adjacent to an activating group) is 1. The van der Waals surface area contributed by atoms with Crippen LogP contribution in [0.5, 0.6) is 11.5 Å². The maximum atomic E-state index is 13.0. The predicted octanol–water partition coefficient (Wildman–Crippen LogP) is 0.937. The number of nitrogens with zero attached hydrogens (tertiary/aromatic N) is 1. The molecule has 2 aliphatic heterocycles. The smallest absolute Gasteiger partial charge is 0.490 e. The molecule has 4 aliphatic rings. The Bertz CT molecular complexity index is 1660. The van der Waals surface area contributed by atoms with Gasteiger partial charge in [-0.15, -0.1) is 0 Å². The van der Waals surface area contributed by atoms with Crippen LogP contribution in [-0.2, 0) is 40.5 Å². The number of rotatable bonds is 7. The number of carboxylic acids is 2. The number of alkyl halides is 3. The first-order valence-electron chi connectivity index (χ1n) is 14.4. The third-order valence-corrected chi connectivity index (χ3v) is 9.16. The topological polar surface area (TPSA) is 221 Å². The van der Waals surface area contributed by atoms with Crippen molar-refractivity contribution in [2.45, 2.75) is 66.9 Å². The van der Waals surface area contributed by atoms with Gasteiger partial charge >= 0.3 is 30.1 Å². The van der Waals surface area contributed by atoms with Crippen molar-refractivity contribution in [3.8, 4) is 11.5 Å². The molecule has 0 amide bonds. The van der Waals surface area contributed by atoms with Crippen LogP contribution in [0, 0.1) is 0 Å². The summed E-state index contributed by atoms with van der Waals surface area (Å²) in [6.07, 6.45) is -10.3. The van der Waals surface area contributed by atoms with Crippen molar-refractivity contribution in [1.29, 1.82) is 0 Å². The Balaban J connectivity index is 0.000000582. The van der Waals surface area contributed by atoms with E-state index in [-0.39, 0.29) is 35.3 Å². The predicted molar refractivity (Wildman–Crippen MR) is 151 cm³/mol. The van der Waals surface area contributed by atoms with Crippen molar-refractivity contribution >= 4 is 23.9 Å². The van der Waals surface area contributed by atoms with E-state index in [0.29, 0.717) is 24.9 Å². The molecule has 2 aromatic rings. The van der Waals surface area contributed by atoms with Gasteiger partial charge in [0.25, 0.3) is 0 Å². The quantitative estimate of drug-likeness (QED) is 0.224. The molecule has 6 rings (SSSR count). The number of carbonyl (C=O) groups is 4. The summed E-state index contributed by atoms with van der Waals surface area (Å²) < 4.78 is 48.3. The van der Waals surface area contributed by atoms with E-state index < -0.39 is 65.5 Å². The summed E-state index contributed by atoms with van der Waals surface area (Å²) in [6.45, 7) is 0.599. The highest BCUT2D eigenvalue weighted by Crippen LogP contribution is 2.65. The van der Waals surface area contributed by atoms with Gasteiger partial charge in [-0.25, -0.2) is 19.2 Å². The van der Waals surface area contributed by atoms with E-state index in [9.17, 15) is 53.1 Å². The molecule has 1 saturated heterocycles. The fraction of sp³-hybridized carbons (Fsp3) is 0.419. The van der Waals surface area contributed by atoms with Crippen molar-refractivity contribution in [3.05, 3.63) is 71.0 Å². The van der Waals surface area contributed by atoms with Gasteiger partial charge in [-0.05, 0) is 44.1 Å². The van der Waals surface area contributed by atoms with Crippen molar-refractivity contribution in [3.63, 3.8) is 0 Å². The molecule has 258 valence electrons. The van der Waals surface area contributed by atoms with Gasteiger partial charge in [-0.3, -0.25) is 0 Å². The van der Waals surface area contributed by atoms with Crippen LogP contribution in [0.4, 0.5) is 13.2 Å². The lowest BCUT2D eigenvalue weighted by Gasteiger charge is -2.61. The third kappa shape index (κ3) is 5.61. The van der Waals surface area contributed by atoms with Crippen molar-refractivity contribution in [1.82, 2.24) is 4.90 Å². The van der Waals surface area contributed by atoms with Crippen LogP contribution >= 0.6 is 0 Å². The lowest BCUT2D eigenvalue weighted by atomic mass is 9.50. The number of hydrogen-bond donors (Lipinski definition) is 6. The molecular formula is C31H30F3NO13. The maximum Gasteiger partial charge on any atom is 0.490 e. The summed E-state index contributed by atoms with van der Waals surface area (Å²) in [5.41, 5.74) is -0.679. The van der Waals surface area contributed by atoms with Crippen molar-refractivity contribution < 1.29 is 77.2 Å². The van der Waals surface area contributed by atoms with E-state index in [0.717, 1.165) is 5.56 Å². The van der Waals surface area contributed by atoms with Crippen LogP contribution < -0.4 is 4.74 Å². The van der Waals surface area contributed by atoms with Crippen LogP contribution in [0.15, 0.2) is 54.3 Å². The van der Waals surface area contributed by atoms with Crippen molar-refractivity contribution in [2.24, 2.45) is 0 Å². The zero-order chi connectivity index (χ0) is 35.3. The zero-order valence-electron chi connectivity index (χ0n) is 25.0. The summed E-state index contributed by atoms with van der Waals surface area (Å²) in [7, 11) is 1.93. The largest absolute Gasteiger partial charge is 0.504 e. The minimum absolute atomic E-state index is 0.0428. The van der Waals surface area contributed by atoms with E-state index in [1.165, 1.54) is 36.4 Å². The van der Waals surface area contributed by atoms with Crippen LogP contribution in [0.3, 0.4) is 0 Å². The number of aliphatic hydroxyl groups excluding tert-OH is 2. The number of phenolic OH excluding ortho intramolecular Hbond substituents is 1. The fourth-order valence-electron chi connectivity index (χ4n) is 6.95. The van der Waals surface area contributed by atoms with Crippen LogP contribution in [0.1, 0.15) is 35.6 Å². The molecule has 2 aromatic carbocycles. The molecule has 0 unspecified atom stereocenters. The van der Waals surface area contributed by atoms with Gasteiger partial charge in [0.15, 0.2) is 29.8 Å². The van der Waals surface area contributed by atoms with E-state index in [2.05, 4.69) is 4.90 Å². The Kier molecular flexibility index (Phi) is 8.93. The molecule has 2 bridgehead atoms. The number of aliphatic carboxylic acids is 2. The second-order valence-corrected chi connectivity index (χ2v) is 11.8. The Morgan fingerprint density at radius 3 is 2.25 bits per heavy atom. The van der Waals surface area contributed by atoms with Crippen LogP contribution in [-0.4, -0.2) is 109 Å². The van der Waals surface area contributed by atoms with Gasteiger partial charge in [0.1, 0.15) is 5.76 Å². The number of halogens is 3. The SMILES string of the molecule is CN1CC[C@]23c4c5ccc(O)c4O[C@H]2C(OC(=O)[C@H](O)[C@@H](O)C(=O)O[C@H](C(=O)O)c2ccccc2)=CC[C@@]3(O)[C@H]1C5.O=C(O)C(F)(F)F. The highest BCUT2D eigenvalue weighted by atomic mass is 19.4. The molecule has 17 heteroatoms. The van der Waals surface area contributed by atoms with Gasteiger partial charge in [0.2, 0.25) is 6.10 Å². The van der Waals surface area contributed by atoms with Crippen molar-refractivity contribution in [2.75, 3.05) is 13.6 Å². The Labute approximate surface area is 269 Å². The molecule has 48 heavy (non-hydrogen) atoms. The highest BCUT2D eigenvalue weighted by molar-refractivity contribution is 5.87. The number of piperidine rings is 1. The highest BCUT2D eigenvalue weighted by Gasteiger charge is 2.72. The van der Waals surface area contributed by atoms with E-state index >= 15 is 0 Å². The number of carboxylic acid groups (broad SMARTS) is 2. The molecular weight excluding hydrogens is 651 g/mol. The Morgan fingerprint density at radius 2 is 1.65 bits per heavy atom. The van der Waals surface area contributed by atoms with E-state index in [4.69, 9.17) is 24.1 Å². The average Bonchev–Trinajstić information content (AvgIpc) is 3.39. The molecule has 14 nitrogen and oxygen atoms in total. The minimum Gasteiger partial charge on any atom is -0.504 e. The molecule has 2 aliphatic carbocycles. The Morgan fingerprint density at radius 1 is 1.02 bits per heavy atom. The molecule has 7 atom stereocenters. The van der Waals surface area contributed by atoms with Crippen LogP contribution in [0.2, 0.25) is 0 Å². The average molecular weight is 682 g/mol. The number of hydrogen-bond acceptors (Lipinski definition) is 12. The number of carbonyl (C=O) groups excluding carboxylic acids is 2. The molecule has 1 spiro atoms. The minimum atomic E-state index is -5.08. The summed E-state index contributed by atoms with van der Waals surface area (Å²) in [4.78, 5) is 48.1. The third-order valence-electron chi connectivity index (χ3n) is 9.16. The second-order valence-electron chi connectivity index (χ2n) is 11.8. The first-order valence-corrected chi connectivity index (χ1v) is 14.4. The summed E-state index contributed by atoms with van der Waals surface area (Å²) in [6, 6.07) is 10.5. The summed E-state index contributed by atoms with van der Waals surface area (Å²) in [5, 5.41) is 60.2. The number of aliphatic hydroxyl groups is 3. The maximum absolute atomic E-state index is 13.0. The number of benzene rings is 2. The molecule has 2 heterocycles. The number of phenols is 1. The molecule has 6 N–H and O–H groups in total. The lowest BCUT2D eigenvalue weighted by Crippen LogP contribution is -2.74. The summed E-state index contributed by atoms with van der Waals surface area (Å²) >= 11 is 0. The number of aromatic hydroxyl groups is 1. The zero-order valence-corrected chi connectivity index (χ0v) is 25.0. The fourth-order valence-corrected chi connectivity index (χ4v) is 6.95. The van der Waals surface area contributed by atoms with E-state index in [1.807, 2.05) is 7.05 Å². The molecule has 0 radical (unpaired) electrons. The molecule has 1 fully saturated rings. The van der Waals surface area contributed by atoms with Crippen LogP contribution in [0.25, 0.3) is 0 Å². The standard InChI is InChI=1S/C29H29NO11.C2HF3O2/c1-30-12-11-28-19-15-7-8-16(31)23(19)40-24(28)17(9-10-29(28,38)18(30)13-15)39-26(36)20(32)21(33)27(37)41-22(25(34)35)14-5-3-2-4-6-14;3-2(4,5)1(6)7/h2-9,18,20-22,24,31-33,38H,10-13H2,1H3,(H,34,35);(H,6,7)/t18-,20-,21-,22+,24+,28+,29-;/m1./s1. The van der Waals surface area contributed by atoms with Gasteiger partial charge in [-0.2, -0.15) is 13.2 Å². The normalized spacial score (nSPS) is 27.0. The van der Waals surface area contributed by atoms with E-state index in [1.54, 1.807) is 12.1 Å². The number of likely N-dealkylation sites (tertiary alicyclic amines) is 1. The number of esters is 2. The second kappa shape index (κ2) is 12.4. The Hall–Kier alpha value is -4.71. The number of ether oxygens (including phenoxy) is 3. The van der Waals surface area contributed by atoms with Gasteiger partial charge in [0, 0.05) is 23.6 Å². The monoisotopic (exact) mass is 681 g/mol. The van der Waals surface area contributed by atoms with Gasteiger partial charge in [-0.1, -0.05) is 36.4 Å². The lowest BCUT2D eigenvalue weighted by molar-refractivity contribution is -0.192. The van der Waals surface area contributed by atoms with Gasteiger partial charge < -0.3 is 49.7 Å². The first-order chi connectivity index (χ1) is 22.4. The first kappa shape index (κ1) is 34.6. The molecule has 0 aromatic heterocycles. The summed E-state index contributed by atoms with van der Waals surface area (Å²) in [5.74, 6) is -7.19. The van der Waals surface area contributed by atoms with Gasteiger partial charge in [0.05, 0.1) is 11.0 Å².